The van der Waals surface area contributed by atoms with Crippen LogP contribution in [0.5, 0.6) is 0 Å². The van der Waals surface area contributed by atoms with E-state index >= 15 is 0 Å². The molecule has 140 valence electrons. The molecule has 0 atom stereocenters. The lowest BCUT2D eigenvalue weighted by molar-refractivity contribution is -0.605. The molecule has 6 heteroatoms. The fraction of sp³-hybridized carbons (Fsp3) is 0.136. The lowest BCUT2D eigenvalue weighted by Gasteiger charge is -2.17. The summed E-state index contributed by atoms with van der Waals surface area (Å²) < 4.78 is 2.37. The smallest absolute Gasteiger partial charge is 0.260 e. The third-order valence-corrected chi connectivity index (χ3v) is 5.00. The summed E-state index contributed by atoms with van der Waals surface area (Å²) in [4.78, 5) is 18.1. The number of pyridine rings is 3. The Bertz CT molecular complexity index is 1250. The Morgan fingerprint density at radius 3 is 2.50 bits per heavy atom. The number of hydrogen-bond acceptors (Lipinski definition) is 3. The largest absolute Gasteiger partial charge is 0.619 e. The van der Waals surface area contributed by atoms with Crippen LogP contribution in [0.25, 0.3) is 33.3 Å². The molecule has 0 saturated carbocycles. The Morgan fingerprint density at radius 2 is 1.82 bits per heavy atom. The average Bonchev–Trinajstić information content (AvgIpc) is 2.68. The zero-order valence-corrected chi connectivity index (χ0v) is 16.3. The van der Waals surface area contributed by atoms with Crippen molar-refractivity contribution in [1.82, 2.24) is 9.55 Å². The molecule has 0 bridgehead atoms. The number of benzene rings is 1. The molecular weight excluding hydrogens is 374 g/mol. The van der Waals surface area contributed by atoms with E-state index in [1.54, 1.807) is 22.8 Å². The molecule has 0 amide bonds. The maximum atomic E-state index is 13.5. The molecule has 5 nitrogen and oxygen atoms in total. The molecule has 0 aliphatic heterocycles. The number of aromatic nitrogens is 3. The summed E-state index contributed by atoms with van der Waals surface area (Å²) in [5.41, 5.74) is 4.14. The van der Waals surface area contributed by atoms with Gasteiger partial charge in [-0.25, -0.2) is 4.98 Å². The van der Waals surface area contributed by atoms with Crippen molar-refractivity contribution in [3.8, 4) is 22.3 Å². The third kappa shape index (κ3) is 3.04. The molecule has 4 rings (SSSR count). The van der Waals surface area contributed by atoms with E-state index in [2.05, 4.69) is 4.98 Å². The first-order valence-corrected chi connectivity index (χ1v) is 9.36. The standard InChI is InChI=1S/C22H18ClN3O2/c1-3-26-21-18(8-7-14(2)24-21)19(16-5-4-6-17(23)13-16)20(22(26)27)15-9-11-25(28)12-10-15/h4-13H,3H2,1-2H3. The number of fused-ring (bicyclic) bond motifs is 1. The van der Waals surface area contributed by atoms with Crippen molar-refractivity contribution in [3.05, 3.63) is 87.2 Å². The van der Waals surface area contributed by atoms with Gasteiger partial charge in [-0.2, -0.15) is 4.73 Å². The van der Waals surface area contributed by atoms with Crippen molar-refractivity contribution in [2.75, 3.05) is 0 Å². The molecule has 0 radical (unpaired) electrons. The second-order valence-corrected chi connectivity index (χ2v) is 7.02. The minimum Gasteiger partial charge on any atom is -0.619 e. The molecule has 0 aliphatic rings. The fourth-order valence-electron chi connectivity index (χ4n) is 3.50. The van der Waals surface area contributed by atoms with Gasteiger partial charge in [0.05, 0.1) is 5.56 Å². The van der Waals surface area contributed by atoms with Crippen molar-refractivity contribution in [1.29, 1.82) is 0 Å². The average molecular weight is 392 g/mol. The highest BCUT2D eigenvalue weighted by molar-refractivity contribution is 6.31. The van der Waals surface area contributed by atoms with Crippen LogP contribution in [0, 0.1) is 12.1 Å². The van der Waals surface area contributed by atoms with Crippen LogP contribution in [0.3, 0.4) is 0 Å². The maximum absolute atomic E-state index is 13.5. The quantitative estimate of drug-likeness (QED) is 0.385. The molecule has 3 aromatic heterocycles. The molecule has 28 heavy (non-hydrogen) atoms. The summed E-state index contributed by atoms with van der Waals surface area (Å²) >= 11 is 6.25. The lowest BCUT2D eigenvalue weighted by atomic mass is 9.93. The Hall–Kier alpha value is -3.18. The van der Waals surface area contributed by atoms with Crippen molar-refractivity contribution in [2.45, 2.75) is 20.4 Å². The first kappa shape index (κ1) is 18.2. The van der Waals surface area contributed by atoms with Crippen LogP contribution in [0.1, 0.15) is 12.6 Å². The van der Waals surface area contributed by atoms with Crippen LogP contribution < -0.4 is 10.3 Å². The normalized spacial score (nSPS) is 11.1. The van der Waals surface area contributed by atoms with Crippen LogP contribution in [-0.2, 0) is 6.54 Å². The van der Waals surface area contributed by atoms with Gasteiger partial charge in [0.2, 0.25) is 0 Å². The monoisotopic (exact) mass is 391 g/mol. The van der Waals surface area contributed by atoms with E-state index in [-0.39, 0.29) is 5.56 Å². The van der Waals surface area contributed by atoms with E-state index in [1.165, 1.54) is 12.4 Å². The van der Waals surface area contributed by atoms with Gasteiger partial charge in [0, 0.05) is 40.3 Å². The number of nitrogens with zero attached hydrogens (tertiary/aromatic N) is 3. The molecule has 0 fully saturated rings. The van der Waals surface area contributed by atoms with Crippen LogP contribution in [0.4, 0.5) is 0 Å². The van der Waals surface area contributed by atoms with Crippen LogP contribution in [0.2, 0.25) is 5.02 Å². The van der Waals surface area contributed by atoms with Crippen molar-refractivity contribution >= 4 is 22.6 Å². The predicted molar refractivity (Wildman–Crippen MR) is 111 cm³/mol. The molecule has 3 heterocycles. The Morgan fingerprint density at radius 1 is 1.07 bits per heavy atom. The molecule has 0 aliphatic carbocycles. The highest BCUT2D eigenvalue weighted by Gasteiger charge is 2.20. The molecule has 0 N–H and O–H groups in total. The highest BCUT2D eigenvalue weighted by atomic mass is 35.5. The van der Waals surface area contributed by atoms with E-state index in [1.807, 2.05) is 44.2 Å². The molecule has 0 spiro atoms. The molecule has 0 unspecified atom stereocenters. The van der Waals surface area contributed by atoms with Crippen molar-refractivity contribution < 1.29 is 4.73 Å². The van der Waals surface area contributed by atoms with Gasteiger partial charge in [-0.15, -0.1) is 0 Å². The molecular formula is C22H18ClN3O2. The second kappa shape index (κ2) is 7.09. The summed E-state index contributed by atoms with van der Waals surface area (Å²) in [5.74, 6) is 0. The zero-order valence-electron chi connectivity index (χ0n) is 15.5. The Kier molecular flexibility index (Phi) is 4.61. The zero-order chi connectivity index (χ0) is 19.8. The summed E-state index contributed by atoms with van der Waals surface area (Å²) in [7, 11) is 0. The van der Waals surface area contributed by atoms with Crippen LogP contribution in [-0.4, -0.2) is 9.55 Å². The Balaban J connectivity index is 2.22. The van der Waals surface area contributed by atoms with E-state index in [0.717, 1.165) is 22.2 Å². The maximum Gasteiger partial charge on any atom is 0.260 e. The van der Waals surface area contributed by atoms with Crippen molar-refractivity contribution in [3.63, 3.8) is 0 Å². The fourth-order valence-corrected chi connectivity index (χ4v) is 3.69. The van der Waals surface area contributed by atoms with E-state index in [9.17, 15) is 10.0 Å². The van der Waals surface area contributed by atoms with E-state index < -0.39 is 0 Å². The minimum absolute atomic E-state index is 0.147. The van der Waals surface area contributed by atoms with Gasteiger partial charge < -0.3 is 5.21 Å². The van der Waals surface area contributed by atoms with Gasteiger partial charge in [0.25, 0.3) is 5.56 Å². The summed E-state index contributed by atoms with van der Waals surface area (Å²) in [6, 6.07) is 14.7. The summed E-state index contributed by atoms with van der Waals surface area (Å²) in [6.07, 6.45) is 2.79. The van der Waals surface area contributed by atoms with Crippen LogP contribution >= 0.6 is 11.6 Å². The second-order valence-electron chi connectivity index (χ2n) is 6.58. The summed E-state index contributed by atoms with van der Waals surface area (Å²) in [6.45, 7) is 4.31. The van der Waals surface area contributed by atoms with Gasteiger partial charge >= 0.3 is 0 Å². The SMILES string of the molecule is CCn1c(=O)c(-c2cc[n+]([O-])cc2)c(-c2cccc(Cl)c2)c2ccc(C)nc21. The van der Waals surface area contributed by atoms with Crippen molar-refractivity contribution in [2.24, 2.45) is 0 Å². The van der Waals surface area contributed by atoms with Gasteiger partial charge in [-0.3, -0.25) is 9.36 Å². The topological polar surface area (TPSA) is 61.8 Å². The van der Waals surface area contributed by atoms with E-state index in [4.69, 9.17) is 11.6 Å². The van der Waals surface area contributed by atoms with Gasteiger partial charge in [-0.05, 0) is 49.2 Å². The predicted octanol–water partition coefficient (Wildman–Crippen LogP) is 4.35. The number of rotatable bonds is 3. The number of aryl methyl sites for hydroxylation is 2. The molecule has 0 saturated heterocycles. The van der Waals surface area contributed by atoms with Gasteiger partial charge in [0.15, 0.2) is 12.4 Å². The first-order chi connectivity index (χ1) is 13.5. The number of halogens is 1. The number of hydrogen-bond donors (Lipinski definition) is 0. The van der Waals surface area contributed by atoms with Crippen LogP contribution in [0.15, 0.2) is 65.7 Å². The highest BCUT2D eigenvalue weighted by Crippen LogP contribution is 2.36. The van der Waals surface area contributed by atoms with Gasteiger partial charge in [-0.1, -0.05) is 23.7 Å². The lowest BCUT2D eigenvalue weighted by Crippen LogP contribution is -2.26. The molecule has 1 aromatic carbocycles. The third-order valence-electron chi connectivity index (χ3n) is 4.77. The Labute approximate surface area is 167 Å². The van der Waals surface area contributed by atoms with Gasteiger partial charge in [0.1, 0.15) is 5.65 Å². The van der Waals surface area contributed by atoms with E-state index in [0.29, 0.717) is 33.1 Å². The minimum atomic E-state index is -0.147. The summed E-state index contributed by atoms with van der Waals surface area (Å²) in [5, 5.41) is 13.0. The molecule has 4 aromatic rings. The first-order valence-electron chi connectivity index (χ1n) is 8.99.